The lowest BCUT2D eigenvalue weighted by molar-refractivity contribution is -0.385. The number of non-ortho nitro benzene ring substituents is 1. The number of carbonyl (C=O) groups is 2. The molecule has 2 N–H and O–H groups in total. The van der Waals surface area contributed by atoms with Gasteiger partial charge in [-0.1, -0.05) is 42.5 Å². The van der Waals surface area contributed by atoms with Crippen LogP contribution in [0.5, 0.6) is 0 Å². The van der Waals surface area contributed by atoms with E-state index in [0.29, 0.717) is 5.56 Å². The van der Waals surface area contributed by atoms with Crippen LogP contribution in [0.15, 0.2) is 54.6 Å². The SMILES string of the molecule is O=C(Cc1ccccc1)NC(C(=O)[O-])C(O)c1cccc([N+](=O)[O-])c1. The first-order valence-electron chi connectivity index (χ1n) is 7.35. The van der Waals surface area contributed by atoms with Gasteiger partial charge in [0.1, 0.15) is 6.10 Å². The topological polar surface area (TPSA) is 133 Å². The lowest BCUT2D eigenvalue weighted by Crippen LogP contribution is -2.51. The van der Waals surface area contributed by atoms with Crippen molar-refractivity contribution in [2.75, 3.05) is 0 Å². The van der Waals surface area contributed by atoms with E-state index in [1.165, 1.54) is 18.2 Å². The molecule has 2 unspecified atom stereocenters. The minimum atomic E-state index is -1.74. The molecule has 0 aliphatic carbocycles. The Morgan fingerprint density at radius 1 is 1.12 bits per heavy atom. The molecule has 8 heteroatoms. The normalized spacial score (nSPS) is 12.8. The second-order valence-corrected chi connectivity index (χ2v) is 5.32. The Kier molecular flexibility index (Phi) is 5.80. The van der Waals surface area contributed by atoms with E-state index in [1.807, 2.05) is 0 Å². The summed E-state index contributed by atoms with van der Waals surface area (Å²) >= 11 is 0. The Morgan fingerprint density at radius 2 is 1.80 bits per heavy atom. The number of nitrogens with zero attached hydrogens (tertiary/aromatic N) is 1. The molecule has 25 heavy (non-hydrogen) atoms. The average molecular weight is 343 g/mol. The third-order valence-corrected chi connectivity index (χ3v) is 3.52. The third kappa shape index (κ3) is 4.85. The summed E-state index contributed by atoms with van der Waals surface area (Å²) in [6.45, 7) is 0. The summed E-state index contributed by atoms with van der Waals surface area (Å²) in [5.74, 6) is -2.31. The number of aliphatic hydroxyl groups excluding tert-OH is 1. The maximum Gasteiger partial charge on any atom is 0.269 e. The van der Waals surface area contributed by atoms with Gasteiger partial charge in [0.15, 0.2) is 0 Å². The van der Waals surface area contributed by atoms with Gasteiger partial charge in [-0.3, -0.25) is 14.9 Å². The minimum absolute atomic E-state index is 0.0107. The van der Waals surface area contributed by atoms with Crippen LogP contribution in [0.4, 0.5) is 5.69 Å². The Hall–Kier alpha value is -3.26. The van der Waals surface area contributed by atoms with Gasteiger partial charge in [0.2, 0.25) is 5.91 Å². The number of carbonyl (C=O) groups excluding carboxylic acids is 2. The molecule has 0 spiro atoms. The molecular weight excluding hydrogens is 328 g/mol. The quantitative estimate of drug-likeness (QED) is 0.541. The van der Waals surface area contributed by atoms with Crippen LogP contribution >= 0.6 is 0 Å². The van der Waals surface area contributed by atoms with Crippen molar-refractivity contribution in [3.8, 4) is 0 Å². The van der Waals surface area contributed by atoms with E-state index in [-0.39, 0.29) is 17.7 Å². The van der Waals surface area contributed by atoms with E-state index >= 15 is 0 Å². The smallest absolute Gasteiger partial charge is 0.269 e. The molecule has 0 radical (unpaired) electrons. The standard InChI is InChI=1S/C17H16N2O6/c20-14(9-11-5-2-1-3-6-11)18-15(17(22)23)16(21)12-7-4-8-13(10-12)19(24)25/h1-8,10,15-16,21H,9H2,(H,18,20)(H,22,23)/p-1. The highest BCUT2D eigenvalue weighted by molar-refractivity contribution is 5.84. The van der Waals surface area contributed by atoms with Crippen LogP contribution in [-0.4, -0.2) is 27.9 Å². The van der Waals surface area contributed by atoms with Crippen molar-refractivity contribution in [2.45, 2.75) is 18.6 Å². The summed E-state index contributed by atoms with van der Waals surface area (Å²) < 4.78 is 0. The number of aliphatic hydroxyl groups is 1. The molecule has 0 aliphatic rings. The number of nitro benzene ring substituents is 1. The van der Waals surface area contributed by atoms with Gasteiger partial charge in [-0.25, -0.2) is 0 Å². The molecule has 1 amide bonds. The number of amides is 1. The molecule has 2 atom stereocenters. The van der Waals surface area contributed by atoms with E-state index in [1.54, 1.807) is 30.3 Å². The van der Waals surface area contributed by atoms with E-state index < -0.39 is 28.9 Å². The summed E-state index contributed by atoms with van der Waals surface area (Å²) in [7, 11) is 0. The second kappa shape index (κ2) is 8.02. The van der Waals surface area contributed by atoms with Crippen molar-refractivity contribution >= 4 is 17.6 Å². The molecule has 2 aromatic rings. The fourth-order valence-corrected chi connectivity index (χ4v) is 2.29. The molecule has 0 aliphatic heterocycles. The summed E-state index contributed by atoms with van der Waals surface area (Å²) in [5.41, 5.74) is 0.356. The largest absolute Gasteiger partial charge is 0.548 e. The molecule has 2 aromatic carbocycles. The highest BCUT2D eigenvalue weighted by Crippen LogP contribution is 2.21. The van der Waals surface area contributed by atoms with Gasteiger partial charge in [0.05, 0.1) is 23.4 Å². The van der Waals surface area contributed by atoms with Gasteiger partial charge in [-0.15, -0.1) is 0 Å². The van der Waals surface area contributed by atoms with Gasteiger partial charge in [-0.05, 0) is 11.1 Å². The van der Waals surface area contributed by atoms with Crippen molar-refractivity contribution in [1.82, 2.24) is 5.32 Å². The lowest BCUT2D eigenvalue weighted by Gasteiger charge is -2.25. The zero-order valence-corrected chi connectivity index (χ0v) is 13.0. The van der Waals surface area contributed by atoms with E-state index in [2.05, 4.69) is 5.32 Å². The lowest BCUT2D eigenvalue weighted by atomic mass is 10.0. The highest BCUT2D eigenvalue weighted by Gasteiger charge is 2.25. The number of rotatable bonds is 7. The Morgan fingerprint density at radius 3 is 2.40 bits per heavy atom. The fourth-order valence-electron chi connectivity index (χ4n) is 2.29. The first-order chi connectivity index (χ1) is 11.9. The summed E-state index contributed by atoms with van der Waals surface area (Å²) in [4.78, 5) is 33.4. The zero-order valence-electron chi connectivity index (χ0n) is 13.0. The number of carboxylic acids is 1. The van der Waals surface area contributed by atoms with E-state index in [9.17, 15) is 29.9 Å². The van der Waals surface area contributed by atoms with Crippen molar-refractivity contribution in [3.63, 3.8) is 0 Å². The molecule has 0 bridgehead atoms. The number of nitrogens with one attached hydrogen (secondary N) is 1. The van der Waals surface area contributed by atoms with Crippen LogP contribution in [0.3, 0.4) is 0 Å². The predicted molar refractivity (Wildman–Crippen MR) is 85.1 cm³/mol. The summed E-state index contributed by atoms with van der Waals surface area (Å²) in [6, 6.07) is 11.8. The van der Waals surface area contributed by atoms with Crippen molar-refractivity contribution in [1.29, 1.82) is 0 Å². The van der Waals surface area contributed by atoms with Gasteiger partial charge in [0, 0.05) is 12.1 Å². The Balaban J connectivity index is 2.14. The monoisotopic (exact) mass is 343 g/mol. The third-order valence-electron chi connectivity index (χ3n) is 3.52. The maximum absolute atomic E-state index is 12.0. The molecule has 130 valence electrons. The second-order valence-electron chi connectivity index (χ2n) is 5.32. The number of hydrogen-bond donors (Lipinski definition) is 2. The predicted octanol–water partition coefficient (Wildman–Crippen LogP) is 0.106. The van der Waals surface area contributed by atoms with Gasteiger partial charge in [0.25, 0.3) is 5.69 Å². The van der Waals surface area contributed by atoms with Crippen molar-refractivity contribution in [3.05, 3.63) is 75.8 Å². The molecule has 2 rings (SSSR count). The van der Waals surface area contributed by atoms with Crippen molar-refractivity contribution < 1.29 is 24.7 Å². The molecule has 8 nitrogen and oxygen atoms in total. The maximum atomic E-state index is 12.0. The van der Waals surface area contributed by atoms with Crippen molar-refractivity contribution in [2.24, 2.45) is 0 Å². The summed E-state index contributed by atoms with van der Waals surface area (Å²) in [6.07, 6.45) is -1.77. The minimum Gasteiger partial charge on any atom is -0.548 e. The molecule has 0 aromatic heterocycles. The summed E-state index contributed by atoms with van der Waals surface area (Å²) in [5, 5.41) is 34.5. The van der Waals surface area contributed by atoms with Gasteiger partial charge < -0.3 is 20.3 Å². The van der Waals surface area contributed by atoms with Crippen LogP contribution in [-0.2, 0) is 16.0 Å². The van der Waals surface area contributed by atoms with Gasteiger partial charge >= 0.3 is 0 Å². The first-order valence-corrected chi connectivity index (χ1v) is 7.35. The first kappa shape index (κ1) is 18.1. The molecule has 0 saturated carbocycles. The zero-order chi connectivity index (χ0) is 18.4. The number of carboxylic acid groups (broad SMARTS) is 1. The number of nitro groups is 1. The molecule has 0 heterocycles. The van der Waals surface area contributed by atoms with Crippen LogP contribution in [0.25, 0.3) is 0 Å². The van der Waals surface area contributed by atoms with Crippen LogP contribution in [0, 0.1) is 10.1 Å². The number of aliphatic carboxylic acids is 1. The molecule has 0 fully saturated rings. The van der Waals surface area contributed by atoms with E-state index in [0.717, 1.165) is 6.07 Å². The van der Waals surface area contributed by atoms with E-state index in [4.69, 9.17) is 0 Å². The van der Waals surface area contributed by atoms with Gasteiger partial charge in [-0.2, -0.15) is 0 Å². The Bertz CT molecular complexity index is 778. The molecular formula is C17H15N2O6-. The fraction of sp³-hybridized carbons (Fsp3) is 0.176. The average Bonchev–Trinajstić information content (AvgIpc) is 2.60. The highest BCUT2D eigenvalue weighted by atomic mass is 16.6. The van der Waals surface area contributed by atoms with Crippen LogP contribution in [0.1, 0.15) is 17.2 Å². The van der Waals surface area contributed by atoms with Crippen LogP contribution < -0.4 is 10.4 Å². The Labute approximate surface area is 142 Å². The van der Waals surface area contributed by atoms with Crippen LogP contribution in [0.2, 0.25) is 0 Å². The number of benzene rings is 2. The number of hydrogen-bond acceptors (Lipinski definition) is 6. The molecule has 0 saturated heterocycles.